The second-order valence-electron chi connectivity index (χ2n) is 5.58. The van der Waals surface area contributed by atoms with Crippen molar-refractivity contribution in [2.75, 3.05) is 0 Å². The van der Waals surface area contributed by atoms with Gasteiger partial charge in [-0.2, -0.15) is 0 Å². The number of rotatable bonds is 3. The SMILES string of the molecule is CCc1c(OC2CC2)cncc1C(C)(C)C. The van der Waals surface area contributed by atoms with Crippen LogP contribution in [0.5, 0.6) is 5.75 Å². The van der Waals surface area contributed by atoms with Crippen LogP contribution < -0.4 is 4.74 Å². The molecule has 0 N–H and O–H groups in total. The van der Waals surface area contributed by atoms with E-state index in [0.717, 1.165) is 12.2 Å². The van der Waals surface area contributed by atoms with E-state index in [0.29, 0.717) is 6.10 Å². The van der Waals surface area contributed by atoms with E-state index in [2.05, 4.69) is 32.7 Å². The Hall–Kier alpha value is -1.05. The Morgan fingerprint density at radius 1 is 1.31 bits per heavy atom. The van der Waals surface area contributed by atoms with Crippen LogP contribution in [0.4, 0.5) is 0 Å². The summed E-state index contributed by atoms with van der Waals surface area (Å²) in [7, 11) is 0. The Morgan fingerprint density at radius 3 is 2.50 bits per heavy atom. The Kier molecular flexibility index (Phi) is 2.92. The number of hydrogen-bond donors (Lipinski definition) is 0. The van der Waals surface area contributed by atoms with Gasteiger partial charge >= 0.3 is 0 Å². The smallest absolute Gasteiger partial charge is 0.141 e. The normalized spacial score (nSPS) is 16.2. The molecule has 88 valence electrons. The number of aromatic nitrogens is 1. The van der Waals surface area contributed by atoms with Gasteiger partial charge in [-0.25, -0.2) is 0 Å². The third-order valence-electron chi connectivity index (χ3n) is 3.00. The summed E-state index contributed by atoms with van der Waals surface area (Å²) in [6, 6.07) is 0. The second kappa shape index (κ2) is 4.08. The fourth-order valence-corrected chi connectivity index (χ4v) is 1.95. The highest BCUT2D eigenvalue weighted by Crippen LogP contribution is 2.34. The molecule has 1 aliphatic carbocycles. The van der Waals surface area contributed by atoms with Gasteiger partial charge in [0.05, 0.1) is 12.3 Å². The van der Waals surface area contributed by atoms with Crippen LogP contribution in [0.1, 0.15) is 51.7 Å². The molecule has 0 saturated heterocycles. The van der Waals surface area contributed by atoms with Crippen LogP contribution in [0.2, 0.25) is 0 Å². The van der Waals surface area contributed by atoms with Crippen LogP contribution >= 0.6 is 0 Å². The van der Waals surface area contributed by atoms with Gasteiger partial charge in [-0.05, 0) is 30.2 Å². The molecule has 0 unspecified atom stereocenters. The first-order valence-corrected chi connectivity index (χ1v) is 6.16. The van der Waals surface area contributed by atoms with E-state index >= 15 is 0 Å². The van der Waals surface area contributed by atoms with Crippen molar-refractivity contribution in [3.05, 3.63) is 23.5 Å². The van der Waals surface area contributed by atoms with Gasteiger partial charge in [0, 0.05) is 11.8 Å². The third-order valence-corrected chi connectivity index (χ3v) is 3.00. The largest absolute Gasteiger partial charge is 0.489 e. The zero-order valence-corrected chi connectivity index (χ0v) is 10.7. The lowest BCUT2D eigenvalue weighted by atomic mass is 9.84. The molecule has 0 amide bonds. The van der Waals surface area contributed by atoms with E-state index in [1.807, 2.05) is 12.4 Å². The van der Waals surface area contributed by atoms with Crippen LogP contribution in [0, 0.1) is 0 Å². The zero-order valence-electron chi connectivity index (χ0n) is 10.7. The Morgan fingerprint density at radius 2 is 2.00 bits per heavy atom. The summed E-state index contributed by atoms with van der Waals surface area (Å²) >= 11 is 0. The summed E-state index contributed by atoms with van der Waals surface area (Å²) in [6.45, 7) is 8.86. The standard InChI is InChI=1S/C14H21NO/c1-5-11-12(14(2,3)4)8-15-9-13(11)16-10-6-7-10/h8-10H,5-7H2,1-4H3. The molecule has 1 saturated carbocycles. The molecule has 1 fully saturated rings. The topological polar surface area (TPSA) is 22.1 Å². The van der Waals surface area contributed by atoms with Gasteiger partial charge in [0.15, 0.2) is 0 Å². The molecule has 2 rings (SSSR count). The molecule has 0 bridgehead atoms. The first-order chi connectivity index (χ1) is 7.52. The first-order valence-electron chi connectivity index (χ1n) is 6.16. The molecule has 1 aromatic rings. The highest BCUT2D eigenvalue weighted by Gasteiger charge is 2.26. The molecule has 1 aliphatic rings. The Labute approximate surface area is 98.0 Å². The summed E-state index contributed by atoms with van der Waals surface area (Å²) in [5, 5.41) is 0. The van der Waals surface area contributed by atoms with Crippen LogP contribution in [0.3, 0.4) is 0 Å². The monoisotopic (exact) mass is 219 g/mol. The van der Waals surface area contributed by atoms with Crippen molar-refractivity contribution in [3.63, 3.8) is 0 Å². The molecule has 16 heavy (non-hydrogen) atoms. The van der Waals surface area contributed by atoms with Gasteiger partial charge in [-0.3, -0.25) is 4.98 Å². The average Bonchev–Trinajstić information content (AvgIpc) is 3.00. The highest BCUT2D eigenvalue weighted by molar-refractivity contribution is 5.41. The first kappa shape index (κ1) is 11.4. The van der Waals surface area contributed by atoms with Crippen LogP contribution in [0.25, 0.3) is 0 Å². The Balaban J connectivity index is 2.37. The van der Waals surface area contributed by atoms with Crippen molar-refractivity contribution in [2.45, 2.75) is 58.5 Å². The van der Waals surface area contributed by atoms with Crippen molar-refractivity contribution >= 4 is 0 Å². The van der Waals surface area contributed by atoms with E-state index in [1.54, 1.807) is 0 Å². The van der Waals surface area contributed by atoms with Crippen LogP contribution in [-0.4, -0.2) is 11.1 Å². The number of hydrogen-bond acceptors (Lipinski definition) is 2. The lowest BCUT2D eigenvalue weighted by molar-refractivity contribution is 0.297. The van der Waals surface area contributed by atoms with E-state index in [9.17, 15) is 0 Å². The summed E-state index contributed by atoms with van der Waals surface area (Å²) in [5.74, 6) is 0.998. The molecule has 0 radical (unpaired) electrons. The fraction of sp³-hybridized carbons (Fsp3) is 0.643. The van der Waals surface area contributed by atoms with Crippen molar-refractivity contribution in [3.8, 4) is 5.75 Å². The molecular formula is C14H21NO. The average molecular weight is 219 g/mol. The predicted octanol–water partition coefficient (Wildman–Crippen LogP) is 3.48. The molecule has 2 nitrogen and oxygen atoms in total. The third kappa shape index (κ3) is 2.37. The summed E-state index contributed by atoms with van der Waals surface area (Å²) in [5.41, 5.74) is 2.78. The van der Waals surface area contributed by atoms with Gasteiger partial charge in [0.2, 0.25) is 0 Å². The highest BCUT2D eigenvalue weighted by atomic mass is 16.5. The minimum Gasteiger partial charge on any atom is -0.489 e. The lowest BCUT2D eigenvalue weighted by Gasteiger charge is -2.23. The van der Waals surface area contributed by atoms with Gasteiger partial charge < -0.3 is 4.74 Å². The van der Waals surface area contributed by atoms with Crippen molar-refractivity contribution in [2.24, 2.45) is 0 Å². The maximum atomic E-state index is 5.92. The van der Waals surface area contributed by atoms with Crippen molar-refractivity contribution < 1.29 is 4.74 Å². The van der Waals surface area contributed by atoms with E-state index in [4.69, 9.17) is 4.74 Å². The van der Waals surface area contributed by atoms with Crippen molar-refractivity contribution in [1.82, 2.24) is 4.98 Å². The number of pyridine rings is 1. The predicted molar refractivity (Wildman–Crippen MR) is 66.0 cm³/mol. The van der Waals surface area contributed by atoms with Crippen molar-refractivity contribution in [1.29, 1.82) is 0 Å². The molecule has 0 spiro atoms. The number of nitrogens with zero attached hydrogens (tertiary/aromatic N) is 1. The van der Waals surface area contributed by atoms with Gasteiger partial charge in [-0.15, -0.1) is 0 Å². The quantitative estimate of drug-likeness (QED) is 0.776. The maximum absolute atomic E-state index is 5.92. The van der Waals surface area contributed by atoms with E-state index < -0.39 is 0 Å². The minimum atomic E-state index is 0.140. The molecule has 0 atom stereocenters. The molecule has 1 aromatic heterocycles. The number of ether oxygens (including phenoxy) is 1. The van der Waals surface area contributed by atoms with Gasteiger partial charge in [-0.1, -0.05) is 27.7 Å². The van der Waals surface area contributed by atoms with Gasteiger partial charge in [0.1, 0.15) is 5.75 Å². The summed E-state index contributed by atoms with van der Waals surface area (Å²) in [6.07, 6.45) is 7.70. The molecule has 1 heterocycles. The van der Waals surface area contributed by atoms with E-state index in [1.165, 1.54) is 24.0 Å². The maximum Gasteiger partial charge on any atom is 0.141 e. The lowest BCUT2D eigenvalue weighted by Crippen LogP contribution is -2.16. The molecular weight excluding hydrogens is 198 g/mol. The summed E-state index contributed by atoms with van der Waals surface area (Å²) in [4.78, 5) is 4.32. The molecule has 0 aliphatic heterocycles. The van der Waals surface area contributed by atoms with Gasteiger partial charge in [0.25, 0.3) is 0 Å². The van der Waals surface area contributed by atoms with Crippen LogP contribution in [-0.2, 0) is 11.8 Å². The Bertz CT molecular complexity index is 375. The second-order valence-corrected chi connectivity index (χ2v) is 5.58. The molecule has 0 aromatic carbocycles. The summed E-state index contributed by atoms with van der Waals surface area (Å²) < 4.78 is 5.92. The fourth-order valence-electron chi connectivity index (χ4n) is 1.95. The van der Waals surface area contributed by atoms with Crippen LogP contribution in [0.15, 0.2) is 12.4 Å². The molecule has 2 heteroatoms. The minimum absolute atomic E-state index is 0.140. The van der Waals surface area contributed by atoms with E-state index in [-0.39, 0.29) is 5.41 Å². The zero-order chi connectivity index (χ0) is 11.8.